The van der Waals surface area contributed by atoms with Crippen molar-refractivity contribution in [3.05, 3.63) is 29.8 Å². The first kappa shape index (κ1) is 26.5. The van der Waals surface area contributed by atoms with Crippen LogP contribution in [0.25, 0.3) is 0 Å². The van der Waals surface area contributed by atoms with Gasteiger partial charge in [-0.05, 0) is 70.6 Å². The lowest BCUT2D eigenvalue weighted by Crippen LogP contribution is -2.56. The number of phenolic OH excluding ortho intramolecular Hbond substituents is 1. The predicted octanol–water partition coefficient (Wildman–Crippen LogP) is 3.74. The van der Waals surface area contributed by atoms with Gasteiger partial charge in [-0.1, -0.05) is 32.9 Å². The van der Waals surface area contributed by atoms with E-state index >= 15 is 0 Å². The van der Waals surface area contributed by atoms with Crippen LogP contribution in [0.5, 0.6) is 5.75 Å². The number of ether oxygens (including phenoxy) is 1. The fourth-order valence-electron chi connectivity index (χ4n) is 3.74. The third-order valence-electron chi connectivity index (χ3n) is 5.45. The van der Waals surface area contributed by atoms with Gasteiger partial charge in [0.05, 0.1) is 0 Å². The average molecular weight is 462 g/mol. The molecule has 1 aromatic carbocycles. The van der Waals surface area contributed by atoms with Gasteiger partial charge in [0.2, 0.25) is 11.8 Å². The van der Waals surface area contributed by atoms with E-state index in [-0.39, 0.29) is 41.5 Å². The number of alkyl carbamates (subject to hydrolysis) is 1. The number of aromatic hydroxyl groups is 1. The van der Waals surface area contributed by atoms with Crippen molar-refractivity contribution < 1.29 is 24.2 Å². The Morgan fingerprint density at radius 2 is 1.61 bits per heavy atom. The maximum absolute atomic E-state index is 13.9. The van der Waals surface area contributed by atoms with E-state index in [2.05, 4.69) is 10.6 Å². The van der Waals surface area contributed by atoms with Crippen LogP contribution in [-0.4, -0.2) is 51.6 Å². The van der Waals surface area contributed by atoms with Gasteiger partial charge in [0.15, 0.2) is 0 Å². The Morgan fingerprint density at radius 1 is 1.06 bits per heavy atom. The lowest BCUT2D eigenvalue weighted by Gasteiger charge is -2.36. The molecule has 0 radical (unpaired) electrons. The minimum absolute atomic E-state index is 0.0751. The first-order valence-corrected chi connectivity index (χ1v) is 11.6. The average Bonchev–Trinajstić information content (AvgIpc) is 3.38. The predicted molar refractivity (Wildman–Crippen MR) is 127 cm³/mol. The second kappa shape index (κ2) is 10.4. The molecule has 4 atom stereocenters. The number of rotatable bonds is 8. The van der Waals surface area contributed by atoms with Crippen LogP contribution in [0.2, 0.25) is 0 Å². The monoisotopic (exact) mass is 461 g/mol. The number of amides is 3. The molecule has 2 rings (SSSR count). The molecule has 8 heteroatoms. The molecule has 4 unspecified atom stereocenters. The summed E-state index contributed by atoms with van der Waals surface area (Å²) in [7, 11) is 0. The zero-order valence-electron chi connectivity index (χ0n) is 21.0. The van der Waals surface area contributed by atoms with Crippen molar-refractivity contribution in [3.8, 4) is 5.75 Å². The fraction of sp³-hybridized carbons (Fsp3) is 0.640. The number of benzene rings is 1. The Hall–Kier alpha value is -2.77. The molecule has 0 saturated heterocycles. The van der Waals surface area contributed by atoms with Crippen molar-refractivity contribution in [2.45, 2.75) is 91.6 Å². The Balaban J connectivity index is 2.45. The zero-order valence-corrected chi connectivity index (χ0v) is 21.0. The van der Waals surface area contributed by atoms with Gasteiger partial charge in [-0.25, -0.2) is 4.79 Å². The second-order valence-electron chi connectivity index (χ2n) is 10.6. The van der Waals surface area contributed by atoms with Crippen LogP contribution in [-0.2, 0) is 14.3 Å². The lowest BCUT2D eigenvalue weighted by atomic mass is 9.98. The van der Waals surface area contributed by atoms with Crippen molar-refractivity contribution in [1.82, 2.24) is 15.5 Å². The van der Waals surface area contributed by atoms with E-state index in [0.29, 0.717) is 5.56 Å². The van der Waals surface area contributed by atoms with Crippen LogP contribution in [0.15, 0.2) is 24.3 Å². The third kappa shape index (κ3) is 7.37. The Morgan fingerprint density at radius 3 is 2.03 bits per heavy atom. The minimum Gasteiger partial charge on any atom is -0.508 e. The van der Waals surface area contributed by atoms with E-state index in [1.54, 1.807) is 37.8 Å². The van der Waals surface area contributed by atoms with E-state index < -0.39 is 23.8 Å². The summed E-state index contributed by atoms with van der Waals surface area (Å²) in [5, 5.41) is 15.4. The quantitative estimate of drug-likeness (QED) is 0.547. The van der Waals surface area contributed by atoms with Gasteiger partial charge in [0.1, 0.15) is 23.4 Å². The normalized spacial score (nSPS) is 19.6. The molecule has 1 aromatic rings. The summed E-state index contributed by atoms with van der Waals surface area (Å²) >= 11 is 0. The second-order valence-corrected chi connectivity index (χ2v) is 10.6. The van der Waals surface area contributed by atoms with Gasteiger partial charge in [-0.2, -0.15) is 0 Å². The number of carbonyl (C=O) groups excluding carboxylic acids is 3. The van der Waals surface area contributed by atoms with Crippen molar-refractivity contribution in [2.24, 2.45) is 11.8 Å². The number of hydrogen-bond donors (Lipinski definition) is 3. The number of phenols is 1. The summed E-state index contributed by atoms with van der Waals surface area (Å²) in [6, 6.07) is 4.31. The molecule has 0 aliphatic heterocycles. The highest BCUT2D eigenvalue weighted by Crippen LogP contribution is 2.41. The van der Waals surface area contributed by atoms with Crippen LogP contribution in [0, 0.1) is 11.8 Å². The molecule has 0 aromatic heterocycles. The molecular weight excluding hydrogens is 422 g/mol. The highest BCUT2D eigenvalue weighted by Gasteiger charge is 2.48. The Kier molecular flexibility index (Phi) is 8.38. The molecule has 33 heavy (non-hydrogen) atoms. The fourth-order valence-corrected chi connectivity index (χ4v) is 3.74. The topological polar surface area (TPSA) is 108 Å². The Labute approximate surface area is 197 Å². The number of carbonyl (C=O) groups is 3. The number of hydrogen-bond acceptors (Lipinski definition) is 5. The molecule has 184 valence electrons. The van der Waals surface area contributed by atoms with Crippen molar-refractivity contribution >= 4 is 17.9 Å². The maximum atomic E-state index is 13.9. The maximum Gasteiger partial charge on any atom is 0.408 e. The standard InChI is InChI=1S/C25H39N3O5/c1-14(2)20(27-24(32)33-25(6,7)8)23(31)28(19-13-16(19)5)21(22(30)26-15(3)4)17-9-11-18(29)12-10-17/h9-12,14-16,19-21,29H,13H2,1-8H3,(H,26,30)(H,27,32). The first-order valence-electron chi connectivity index (χ1n) is 11.6. The lowest BCUT2D eigenvalue weighted by molar-refractivity contribution is -0.144. The van der Waals surface area contributed by atoms with Crippen LogP contribution in [0.1, 0.15) is 73.4 Å². The van der Waals surface area contributed by atoms with Gasteiger partial charge in [-0.3, -0.25) is 9.59 Å². The molecule has 1 saturated carbocycles. The molecule has 3 amide bonds. The van der Waals surface area contributed by atoms with E-state index in [1.165, 1.54) is 12.1 Å². The van der Waals surface area contributed by atoms with Crippen molar-refractivity contribution in [2.75, 3.05) is 0 Å². The van der Waals surface area contributed by atoms with Crippen molar-refractivity contribution in [3.63, 3.8) is 0 Å². The van der Waals surface area contributed by atoms with Gasteiger partial charge in [0, 0.05) is 12.1 Å². The van der Waals surface area contributed by atoms with E-state index in [9.17, 15) is 19.5 Å². The molecule has 8 nitrogen and oxygen atoms in total. The molecular formula is C25H39N3O5. The SMILES string of the molecule is CC(C)NC(=O)C(c1ccc(O)cc1)N(C(=O)C(NC(=O)OC(C)(C)C)C(C)C)C1CC1C. The summed E-state index contributed by atoms with van der Waals surface area (Å²) in [5.41, 5.74) is -0.108. The molecule has 1 fully saturated rings. The van der Waals surface area contributed by atoms with Gasteiger partial charge in [0.25, 0.3) is 0 Å². The molecule has 1 aliphatic carbocycles. The van der Waals surface area contributed by atoms with Gasteiger partial charge >= 0.3 is 6.09 Å². The van der Waals surface area contributed by atoms with E-state index in [4.69, 9.17) is 4.74 Å². The number of nitrogens with one attached hydrogen (secondary N) is 2. The summed E-state index contributed by atoms with van der Waals surface area (Å²) in [4.78, 5) is 41.4. The highest BCUT2D eigenvalue weighted by atomic mass is 16.6. The van der Waals surface area contributed by atoms with Crippen LogP contribution < -0.4 is 10.6 Å². The van der Waals surface area contributed by atoms with E-state index in [0.717, 1.165) is 6.42 Å². The molecule has 0 spiro atoms. The Bertz CT molecular complexity index is 845. The highest BCUT2D eigenvalue weighted by molar-refractivity contribution is 5.92. The summed E-state index contributed by atoms with van der Waals surface area (Å²) in [5.74, 6) is -0.554. The van der Waals surface area contributed by atoms with Crippen LogP contribution >= 0.6 is 0 Å². The third-order valence-corrected chi connectivity index (χ3v) is 5.45. The largest absolute Gasteiger partial charge is 0.508 e. The molecule has 0 heterocycles. The summed E-state index contributed by atoms with van der Waals surface area (Å²) in [6.45, 7) is 14.7. The van der Waals surface area contributed by atoms with E-state index in [1.807, 2.05) is 34.6 Å². The zero-order chi connectivity index (χ0) is 25.1. The van der Waals surface area contributed by atoms with Crippen molar-refractivity contribution in [1.29, 1.82) is 0 Å². The smallest absolute Gasteiger partial charge is 0.408 e. The van der Waals surface area contributed by atoms with Gasteiger partial charge in [-0.15, -0.1) is 0 Å². The minimum atomic E-state index is -0.892. The number of nitrogens with zero attached hydrogens (tertiary/aromatic N) is 1. The summed E-state index contributed by atoms with van der Waals surface area (Å²) in [6.07, 6.45) is 0.0955. The van der Waals surface area contributed by atoms with Gasteiger partial charge < -0.3 is 25.4 Å². The molecule has 0 bridgehead atoms. The molecule has 3 N–H and O–H groups in total. The first-order chi connectivity index (χ1) is 15.2. The summed E-state index contributed by atoms with van der Waals surface area (Å²) < 4.78 is 5.38. The van der Waals surface area contributed by atoms with Crippen LogP contribution in [0.4, 0.5) is 4.79 Å². The molecule has 1 aliphatic rings. The van der Waals surface area contributed by atoms with Crippen LogP contribution in [0.3, 0.4) is 0 Å².